The molecule has 34 heavy (non-hydrogen) atoms. The van der Waals surface area contributed by atoms with Crippen LogP contribution in [0.5, 0.6) is 0 Å². The van der Waals surface area contributed by atoms with Crippen LogP contribution in [0.3, 0.4) is 0 Å². The molecule has 7 heteroatoms. The van der Waals surface area contributed by atoms with E-state index in [1.807, 2.05) is 69.3 Å². The SMILES string of the molecule is Cc1ccccc1-n1nc(C(C)(C)C)cc1NC(=O)CN(CC(C)C)C(=O)c1ccccc1Br. The second kappa shape index (κ2) is 10.6. The Morgan fingerprint density at radius 1 is 1.09 bits per heavy atom. The predicted molar refractivity (Wildman–Crippen MR) is 141 cm³/mol. The molecule has 0 atom stereocenters. The van der Waals surface area contributed by atoms with Gasteiger partial charge < -0.3 is 10.2 Å². The predicted octanol–water partition coefficient (Wildman–Crippen LogP) is 5.98. The minimum atomic E-state index is -0.267. The number of aryl methyl sites for hydroxylation is 1. The Balaban J connectivity index is 1.90. The van der Waals surface area contributed by atoms with E-state index < -0.39 is 0 Å². The van der Waals surface area contributed by atoms with Crippen LogP contribution in [0, 0.1) is 12.8 Å². The lowest BCUT2D eigenvalue weighted by Crippen LogP contribution is -2.40. The van der Waals surface area contributed by atoms with Crippen LogP contribution in [0.2, 0.25) is 0 Å². The van der Waals surface area contributed by atoms with Gasteiger partial charge in [-0.05, 0) is 52.5 Å². The number of benzene rings is 2. The lowest BCUT2D eigenvalue weighted by atomic mass is 9.92. The van der Waals surface area contributed by atoms with Gasteiger partial charge in [-0.25, -0.2) is 4.68 Å². The molecule has 0 unspecified atom stereocenters. The summed E-state index contributed by atoms with van der Waals surface area (Å²) in [6.07, 6.45) is 0. The van der Waals surface area contributed by atoms with E-state index in [9.17, 15) is 9.59 Å². The number of nitrogens with one attached hydrogen (secondary N) is 1. The van der Waals surface area contributed by atoms with Crippen LogP contribution in [-0.4, -0.2) is 39.6 Å². The first-order chi connectivity index (χ1) is 16.0. The molecule has 1 N–H and O–H groups in total. The number of hydrogen-bond donors (Lipinski definition) is 1. The Labute approximate surface area is 210 Å². The smallest absolute Gasteiger partial charge is 0.255 e. The molecule has 3 aromatic rings. The summed E-state index contributed by atoms with van der Waals surface area (Å²) in [5.74, 6) is 0.349. The van der Waals surface area contributed by atoms with Crippen molar-refractivity contribution in [1.82, 2.24) is 14.7 Å². The van der Waals surface area contributed by atoms with Gasteiger partial charge in [-0.15, -0.1) is 0 Å². The second-order valence-electron chi connectivity index (χ2n) is 9.97. The second-order valence-corrected chi connectivity index (χ2v) is 10.8. The molecule has 3 rings (SSSR count). The first kappa shape index (κ1) is 25.7. The summed E-state index contributed by atoms with van der Waals surface area (Å²) in [7, 11) is 0. The van der Waals surface area contributed by atoms with E-state index in [1.54, 1.807) is 15.6 Å². The van der Waals surface area contributed by atoms with Gasteiger partial charge in [-0.1, -0.05) is 65.0 Å². The number of para-hydroxylation sites is 1. The van der Waals surface area contributed by atoms with E-state index in [0.29, 0.717) is 22.4 Å². The highest BCUT2D eigenvalue weighted by atomic mass is 79.9. The molecule has 0 aliphatic heterocycles. The van der Waals surface area contributed by atoms with Crippen molar-refractivity contribution >= 4 is 33.6 Å². The van der Waals surface area contributed by atoms with Gasteiger partial charge in [-0.3, -0.25) is 9.59 Å². The first-order valence-corrected chi connectivity index (χ1v) is 12.3. The molecule has 0 saturated carbocycles. The van der Waals surface area contributed by atoms with Crippen LogP contribution >= 0.6 is 15.9 Å². The molecule has 0 aliphatic carbocycles. The van der Waals surface area contributed by atoms with Crippen molar-refractivity contribution in [1.29, 1.82) is 0 Å². The van der Waals surface area contributed by atoms with E-state index in [0.717, 1.165) is 16.9 Å². The average molecular weight is 525 g/mol. The third kappa shape index (κ3) is 6.14. The Morgan fingerprint density at radius 3 is 2.35 bits per heavy atom. The lowest BCUT2D eigenvalue weighted by Gasteiger charge is -2.24. The molecular formula is C27H33BrN4O2. The van der Waals surface area contributed by atoms with Gasteiger partial charge in [0.05, 0.1) is 16.9 Å². The third-order valence-corrected chi connectivity index (χ3v) is 6.09. The summed E-state index contributed by atoms with van der Waals surface area (Å²) in [6.45, 7) is 12.7. The molecule has 6 nitrogen and oxygen atoms in total. The van der Waals surface area contributed by atoms with Crippen molar-refractivity contribution in [3.05, 3.63) is 75.9 Å². The van der Waals surface area contributed by atoms with E-state index in [4.69, 9.17) is 5.10 Å². The highest BCUT2D eigenvalue weighted by Crippen LogP contribution is 2.27. The Hall–Kier alpha value is -2.93. The Kier molecular flexibility index (Phi) is 7.97. The minimum absolute atomic E-state index is 0.0534. The van der Waals surface area contributed by atoms with Gasteiger partial charge in [0.25, 0.3) is 5.91 Å². The number of nitrogens with zero attached hydrogens (tertiary/aromatic N) is 3. The van der Waals surface area contributed by atoms with Crippen LogP contribution < -0.4 is 5.32 Å². The first-order valence-electron chi connectivity index (χ1n) is 11.5. The van der Waals surface area contributed by atoms with Gasteiger partial charge >= 0.3 is 0 Å². The normalized spacial score (nSPS) is 11.5. The molecule has 2 amide bonds. The van der Waals surface area contributed by atoms with E-state index >= 15 is 0 Å². The number of carbonyl (C=O) groups is 2. The number of hydrogen-bond acceptors (Lipinski definition) is 3. The van der Waals surface area contributed by atoms with Crippen LogP contribution in [0.15, 0.2) is 59.1 Å². The highest BCUT2D eigenvalue weighted by Gasteiger charge is 2.25. The lowest BCUT2D eigenvalue weighted by molar-refractivity contribution is -0.117. The maximum absolute atomic E-state index is 13.3. The van der Waals surface area contributed by atoms with Gasteiger partial charge in [0.15, 0.2) is 0 Å². The van der Waals surface area contributed by atoms with Gasteiger partial charge in [0.1, 0.15) is 12.4 Å². The maximum Gasteiger partial charge on any atom is 0.255 e. The van der Waals surface area contributed by atoms with E-state index in [2.05, 4.69) is 42.0 Å². The number of aromatic nitrogens is 2. The zero-order valence-corrected chi connectivity index (χ0v) is 22.3. The number of amides is 2. The van der Waals surface area contributed by atoms with Gasteiger partial charge in [-0.2, -0.15) is 5.10 Å². The van der Waals surface area contributed by atoms with E-state index in [1.165, 1.54) is 0 Å². The van der Waals surface area contributed by atoms with E-state index in [-0.39, 0.29) is 29.7 Å². The molecule has 0 bridgehead atoms. The highest BCUT2D eigenvalue weighted by molar-refractivity contribution is 9.10. The van der Waals surface area contributed by atoms with Crippen molar-refractivity contribution < 1.29 is 9.59 Å². The molecule has 0 radical (unpaired) electrons. The summed E-state index contributed by atoms with van der Waals surface area (Å²) in [5.41, 5.74) is 3.17. The molecule has 180 valence electrons. The van der Waals surface area contributed by atoms with Crippen molar-refractivity contribution in [2.75, 3.05) is 18.4 Å². The van der Waals surface area contributed by atoms with Crippen LogP contribution in [0.4, 0.5) is 5.82 Å². The molecule has 0 aliphatic rings. The molecule has 0 fully saturated rings. The Bertz CT molecular complexity index is 1180. The van der Waals surface area contributed by atoms with Crippen molar-refractivity contribution in [3.63, 3.8) is 0 Å². The molecule has 1 aromatic heterocycles. The zero-order chi connectivity index (χ0) is 25.0. The summed E-state index contributed by atoms with van der Waals surface area (Å²) in [4.78, 5) is 28.0. The fraction of sp³-hybridized carbons (Fsp3) is 0.370. The largest absolute Gasteiger partial charge is 0.329 e. The monoisotopic (exact) mass is 524 g/mol. The summed E-state index contributed by atoms with van der Waals surface area (Å²) in [5, 5.41) is 7.81. The fourth-order valence-electron chi connectivity index (χ4n) is 3.64. The fourth-order valence-corrected chi connectivity index (χ4v) is 4.10. The zero-order valence-electron chi connectivity index (χ0n) is 20.7. The number of rotatable bonds is 7. The molecule has 0 saturated heterocycles. The number of halogens is 1. The van der Waals surface area contributed by atoms with Crippen molar-refractivity contribution in [2.45, 2.75) is 47.0 Å². The van der Waals surface area contributed by atoms with Crippen LogP contribution in [0.25, 0.3) is 5.69 Å². The standard InChI is InChI=1S/C27H33BrN4O2/c1-18(2)16-31(26(34)20-12-8-9-13-21(20)28)17-25(33)29-24-15-23(27(4,5)6)30-32(24)22-14-10-7-11-19(22)3/h7-15,18H,16-17H2,1-6H3,(H,29,33). The molecular weight excluding hydrogens is 492 g/mol. The van der Waals surface area contributed by atoms with Gasteiger partial charge in [0.2, 0.25) is 5.91 Å². The maximum atomic E-state index is 13.3. The van der Waals surface area contributed by atoms with Gasteiger partial charge in [0, 0.05) is 22.5 Å². The topological polar surface area (TPSA) is 67.2 Å². The van der Waals surface area contributed by atoms with Crippen molar-refractivity contribution in [3.8, 4) is 5.69 Å². The Morgan fingerprint density at radius 2 is 1.74 bits per heavy atom. The summed E-state index contributed by atoms with van der Waals surface area (Å²) >= 11 is 3.46. The molecule has 0 spiro atoms. The third-order valence-electron chi connectivity index (χ3n) is 5.40. The average Bonchev–Trinajstić information content (AvgIpc) is 3.17. The van der Waals surface area contributed by atoms with Crippen LogP contribution in [0.1, 0.15) is 56.2 Å². The molecule has 2 aromatic carbocycles. The van der Waals surface area contributed by atoms with Crippen LogP contribution in [-0.2, 0) is 10.2 Å². The summed E-state index contributed by atoms with van der Waals surface area (Å²) in [6, 6.07) is 17.1. The molecule has 1 heterocycles. The summed E-state index contributed by atoms with van der Waals surface area (Å²) < 4.78 is 2.48. The minimum Gasteiger partial charge on any atom is -0.329 e. The number of anilines is 1. The number of carbonyl (C=O) groups excluding carboxylic acids is 2. The quantitative estimate of drug-likeness (QED) is 0.413. The van der Waals surface area contributed by atoms with Crippen molar-refractivity contribution in [2.24, 2.45) is 5.92 Å².